The molecule has 1 atom stereocenters. The zero-order valence-electron chi connectivity index (χ0n) is 13.3. The van der Waals surface area contributed by atoms with Crippen LogP contribution in [0.4, 0.5) is 0 Å². The molecule has 0 aliphatic rings. The topological polar surface area (TPSA) is 61.7 Å². The summed E-state index contributed by atoms with van der Waals surface area (Å²) in [6, 6.07) is -0.640. The lowest BCUT2D eigenvalue weighted by Crippen LogP contribution is -2.39. The summed E-state index contributed by atoms with van der Waals surface area (Å²) >= 11 is 4.45. The number of hydrogen-bond donors (Lipinski definition) is 2. The van der Waals surface area contributed by atoms with Crippen LogP contribution in [0.25, 0.3) is 0 Å². The summed E-state index contributed by atoms with van der Waals surface area (Å²) in [6.45, 7) is 3.13. The van der Waals surface area contributed by atoms with Gasteiger partial charge in [0.25, 0.3) is 0 Å². The molecular weight excluding hydrogens is 284 g/mol. The molecule has 0 fully saturated rings. The van der Waals surface area contributed by atoms with E-state index in [1.807, 2.05) is 0 Å². The molecule has 0 aliphatic carbocycles. The van der Waals surface area contributed by atoms with Crippen molar-refractivity contribution < 1.29 is 9.90 Å². The van der Waals surface area contributed by atoms with E-state index in [9.17, 15) is 4.79 Å². The maximum Gasteiger partial charge on any atom is 0.322 e. The van der Waals surface area contributed by atoms with Crippen LogP contribution in [0.2, 0.25) is 0 Å². The monoisotopic (exact) mass is 314 g/mol. The van der Waals surface area contributed by atoms with Crippen LogP contribution in [0.3, 0.4) is 0 Å². The van der Waals surface area contributed by atoms with Crippen LogP contribution < -0.4 is 5.32 Å². The van der Waals surface area contributed by atoms with Gasteiger partial charge in [0.05, 0.1) is 11.7 Å². The standard InChI is InChI=1S/C16H30N2O2S/c1-2-3-4-5-6-7-8-9-10-11-12-18-15(16(19)20)13-17-14-21/h15,18H,2-13H2,1H3,(H,19,20). The van der Waals surface area contributed by atoms with Gasteiger partial charge in [0.15, 0.2) is 0 Å². The fraction of sp³-hybridized carbons (Fsp3) is 0.875. The Hall–Kier alpha value is -0.770. The number of aliphatic carboxylic acids is 1. The van der Waals surface area contributed by atoms with E-state index < -0.39 is 12.0 Å². The molecule has 0 aromatic rings. The molecule has 21 heavy (non-hydrogen) atoms. The van der Waals surface area contributed by atoms with Gasteiger partial charge in [-0.25, -0.2) is 4.99 Å². The minimum absolute atomic E-state index is 0.163. The number of carbonyl (C=O) groups is 1. The predicted molar refractivity (Wildman–Crippen MR) is 91.2 cm³/mol. The highest BCUT2D eigenvalue weighted by Gasteiger charge is 2.14. The van der Waals surface area contributed by atoms with Crippen LogP contribution in [0.15, 0.2) is 4.99 Å². The smallest absolute Gasteiger partial charge is 0.322 e. The molecule has 5 heteroatoms. The third-order valence-electron chi connectivity index (χ3n) is 3.56. The number of rotatable bonds is 15. The Balaban J connectivity index is 3.37. The van der Waals surface area contributed by atoms with E-state index in [1.165, 1.54) is 51.4 Å². The lowest BCUT2D eigenvalue weighted by atomic mass is 10.1. The summed E-state index contributed by atoms with van der Waals surface area (Å²) < 4.78 is 0. The first-order valence-corrected chi connectivity index (χ1v) is 8.63. The zero-order chi connectivity index (χ0) is 15.8. The normalized spacial score (nSPS) is 11.9. The number of thiocarbonyl (C=S) groups is 1. The molecule has 0 aromatic carbocycles. The van der Waals surface area contributed by atoms with Crippen molar-refractivity contribution >= 4 is 23.3 Å². The summed E-state index contributed by atoms with van der Waals surface area (Å²) in [4.78, 5) is 14.6. The van der Waals surface area contributed by atoms with Gasteiger partial charge < -0.3 is 10.4 Å². The minimum atomic E-state index is -0.879. The van der Waals surface area contributed by atoms with Crippen molar-refractivity contribution in [3.63, 3.8) is 0 Å². The third kappa shape index (κ3) is 13.9. The second kappa shape index (κ2) is 15.6. The number of hydrogen-bond acceptors (Lipinski definition) is 4. The van der Waals surface area contributed by atoms with E-state index in [4.69, 9.17) is 5.11 Å². The molecule has 0 radical (unpaired) electrons. The number of isothiocyanates is 1. The molecule has 0 bridgehead atoms. The van der Waals surface area contributed by atoms with Crippen molar-refractivity contribution in [1.29, 1.82) is 0 Å². The zero-order valence-corrected chi connectivity index (χ0v) is 14.1. The molecule has 0 saturated carbocycles. The summed E-state index contributed by atoms with van der Waals surface area (Å²) in [6.07, 6.45) is 12.8. The van der Waals surface area contributed by atoms with Crippen molar-refractivity contribution in [2.24, 2.45) is 4.99 Å². The van der Waals surface area contributed by atoms with Crippen LogP contribution in [0, 0.1) is 0 Å². The number of carboxylic acids is 1. The van der Waals surface area contributed by atoms with Gasteiger partial charge in [0.2, 0.25) is 0 Å². The van der Waals surface area contributed by atoms with Crippen LogP contribution in [0.5, 0.6) is 0 Å². The molecule has 2 N–H and O–H groups in total. The van der Waals surface area contributed by atoms with Gasteiger partial charge in [-0.2, -0.15) is 0 Å². The summed E-state index contributed by atoms with van der Waals surface area (Å²) in [7, 11) is 0. The Morgan fingerprint density at radius 2 is 1.62 bits per heavy atom. The van der Waals surface area contributed by atoms with Crippen molar-refractivity contribution in [3.8, 4) is 0 Å². The van der Waals surface area contributed by atoms with Gasteiger partial charge in [0.1, 0.15) is 6.04 Å². The van der Waals surface area contributed by atoms with Gasteiger partial charge in [-0.15, -0.1) is 0 Å². The average molecular weight is 314 g/mol. The average Bonchev–Trinajstić information content (AvgIpc) is 2.47. The summed E-state index contributed by atoms with van der Waals surface area (Å²) in [5.74, 6) is -0.879. The highest BCUT2D eigenvalue weighted by molar-refractivity contribution is 7.78. The number of nitrogens with one attached hydrogen (secondary N) is 1. The van der Waals surface area contributed by atoms with E-state index in [-0.39, 0.29) is 6.54 Å². The SMILES string of the molecule is CCCCCCCCCCCCNC(CN=C=S)C(=O)O. The number of aliphatic imine (C=N–C) groups is 1. The van der Waals surface area contributed by atoms with Crippen LogP contribution in [-0.4, -0.2) is 35.4 Å². The molecule has 0 aromatic heterocycles. The Morgan fingerprint density at radius 1 is 1.10 bits per heavy atom. The summed E-state index contributed by atoms with van der Waals surface area (Å²) in [5.41, 5.74) is 0. The third-order valence-corrected chi connectivity index (χ3v) is 3.69. The van der Waals surface area contributed by atoms with Gasteiger partial charge in [-0.1, -0.05) is 64.7 Å². The van der Waals surface area contributed by atoms with Crippen LogP contribution in [0.1, 0.15) is 71.1 Å². The molecule has 0 saturated heterocycles. The van der Waals surface area contributed by atoms with Gasteiger partial charge in [-0.05, 0) is 25.2 Å². The Morgan fingerprint density at radius 3 is 2.10 bits per heavy atom. The molecule has 122 valence electrons. The van der Waals surface area contributed by atoms with Gasteiger partial charge in [0, 0.05) is 0 Å². The molecule has 0 amide bonds. The molecule has 1 unspecified atom stereocenters. The lowest BCUT2D eigenvalue weighted by molar-refractivity contribution is -0.139. The highest BCUT2D eigenvalue weighted by atomic mass is 32.1. The second-order valence-electron chi connectivity index (χ2n) is 5.46. The first-order chi connectivity index (χ1) is 10.2. The lowest BCUT2D eigenvalue weighted by Gasteiger charge is -2.11. The molecule has 0 rings (SSSR count). The minimum Gasteiger partial charge on any atom is -0.480 e. The molecule has 4 nitrogen and oxygen atoms in total. The fourth-order valence-electron chi connectivity index (χ4n) is 2.25. The Labute approximate surface area is 134 Å². The van der Waals surface area contributed by atoms with E-state index in [0.29, 0.717) is 0 Å². The van der Waals surface area contributed by atoms with E-state index >= 15 is 0 Å². The van der Waals surface area contributed by atoms with Crippen molar-refractivity contribution in [3.05, 3.63) is 0 Å². The van der Waals surface area contributed by atoms with E-state index in [0.717, 1.165) is 19.4 Å². The largest absolute Gasteiger partial charge is 0.480 e. The van der Waals surface area contributed by atoms with Crippen molar-refractivity contribution in [2.75, 3.05) is 13.1 Å². The molecular formula is C16H30N2O2S. The maximum atomic E-state index is 10.9. The van der Waals surface area contributed by atoms with Crippen molar-refractivity contribution in [2.45, 2.75) is 77.2 Å². The Bertz CT molecular complexity index is 305. The van der Waals surface area contributed by atoms with Crippen LogP contribution in [-0.2, 0) is 4.79 Å². The van der Waals surface area contributed by atoms with E-state index in [2.05, 4.69) is 34.6 Å². The molecule has 0 heterocycles. The Kier molecular flexibility index (Phi) is 15.0. The molecule has 0 aliphatic heterocycles. The fourth-order valence-corrected chi connectivity index (χ4v) is 2.32. The second-order valence-corrected chi connectivity index (χ2v) is 5.64. The number of carboxylic acid groups (broad SMARTS) is 1. The number of unbranched alkanes of at least 4 members (excludes halogenated alkanes) is 9. The first kappa shape index (κ1) is 20.2. The maximum absolute atomic E-state index is 10.9. The van der Waals surface area contributed by atoms with Gasteiger partial charge in [-0.3, -0.25) is 4.79 Å². The van der Waals surface area contributed by atoms with Crippen LogP contribution >= 0.6 is 12.2 Å². The van der Waals surface area contributed by atoms with Crippen molar-refractivity contribution in [1.82, 2.24) is 5.32 Å². The summed E-state index contributed by atoms with van der Waals surface area (Å²) in [5, 5.41) is 14.2. The predicted octanol–water partition coefficient (Wildman–Crippen LogP) is 4.05. The van der Waals surface area contributed by atoms with E-state index in [1.54, 1.807) is 0 Å². The number of nitrogens with zero attached hydrogens (tertiary/aromatic N) is 1. The first-order valence-electron chi connectivity index (χ1n) is 8.22. The highest BCUT2D eigenvalue weighted by Crippen LogP contribution is 2.10. The molecule has 0 spiro atoms. The van der Waals surface area contributed by atoms with Gasteiger partial charge >= 0.3 is 5.97 Å². The quantitative estimate of drug-likeness (QED) is 0.272.